The zero-order chi connectivity index (χ0) is 48.3. The highest BCUT2D eigenvalue weighted by Gasteiger charge is 2.74. The van der Waals surface area contributed by atoms with Crippen molar-refractivity contribution in [2.45, 2.75) is 38.5 Å². The lowest BCUT2D eigenvalue weighted by Gasteiger charge is -2.67. The summed E-state index contributed by atoms with van der Waals surface area (Å²) in [5, 5.41) is 15.3. The van der Waals surface area contributed by atoms with Gasteiger partial charge >= 0.3 is 0 Å². The molecule has 348 valence electrons. The Kier molecular flexibility index (Phi) is 10.9. The molecule has 3 amide bonds. The average Bonchev–Trinajstić information content (AvgIpc) is 3.31. The molecule has 16 heteroatoms. The number of benzene rings is 6. The van der Waals surface area contributed by atoms with Crippen LogP contribution in [0.4, 0.5) is 68.2 Å². The molecule has 4 aliphatic carbocycles. The summed E-state index contributed by atoms with van der Waals surface area (Å²) in [6.07, 6.45) is 1.40. The molecule has 16 nitrogen and oxygen atoms in total. The minimum absolute atomic E-state index is 0.0619. The van der Waals surface area contributed by atoms with Gasteiger partial charge in [-0.1, -0.05) is 36.4 Å². The number of nitrogens with two attached hydrogens (primary N) is 7. The average molecular weight is 913 g/mol. The molecule has 0 radical (unpaired) electrons. The Morgan fingerprint density at radius 2 is 0.647 bits per heavy atom. The summed E-state index contributed by atoms with van der Waals surface area (Å²) < 4.78 is 0. The van der Waals surface area contributed by atoms with Crippen LogP contribution in [0.3, 0.4) is 0 Å². The van der Waals surface area contributed by atoms with Gasteiger partial charge in [0, 0.05) is 19.5 Å². The number of hydrogen-bond donors (Lipinski definition) is 12. The van der Waals surface area contributed by atoms with Gasteiger partial charge in [0.2, 0.25) is 17.7 Å². The van der Waals surface area contributed by atoms with Crippen LogP contribution in [0.1, 0.15) is 38.5 Å². The molecule has 2 atom stereocenters. The molecule has 6 aromatic carbocycles. The van der Waals surface area contributed by atoms with E-state index in [4.69, 9.17) is 40.1 Å². The van der Waals surface area contributed by atoms with Gasteiger partial charge in [-0.25, -0.2) is 0 Å². The second-order valence-corrected chi connectivity index (χ2v) is 19.1. The van der Waals surface area contributed by atoms with Crippen LogP contribution in [0, 0.1) is 21.7 Å². The number of aldehydes is 1. The maximum atomic E-state index is 15.1. The van der Waals surface area contributed by atoms with Gasteiger partial charge in [0.15, 0.2) is 0 Å². The molecule has 68 heavy (non-hydrogen) atoms. The largest absolute Gasteiger partial charge is 0.397 e. The molecule has 0 heterocycles. The Morgan fingerprint density at radius 1 is 0.382 bits per heavy atom. The van der Waals surface area contributed by atoms with E-state index >= 15 is 14.4 Å². The van der Waals surface area contributed by atoms with Crippen LogP contribution in [-0.2, 0) is 19.2 Å². The van der Waals surface area contributed by atoms with Crippen LogP contribution in [0.25, 0.3) is 33.4 Å². The van der Waals surface area contributed by atoms with Crippen LogP contribution in [-0.4, -0.2) is 38.1 Å². The Bertz CT molecular complexity index is 2950. The summed E-state index contributed by atoms with van der Waals surface area (Å²) in [5.74, 6) is -1.34. The quantitative estimate of drug-likeness (QED) is 0.0416. The summed E-state index contributed by atoms with van der Waals surface area (Å²) >= 11 is 0. The predicted octanol–water partition coefficient (Wildman–Crippen LogP) is 7.59. The SMILES string of the molecule is CNc1ccc(-c2ccc(NC(=O)C34CC5(C=O)CC(C(=O)Nc6ccc(-c7ccc(N)c(N)c7)cc6N)(C3)CC(C(=O)Nc3ccc(-c6ccc(NC)c(N)c6)cc3N)(C5)C4)c(N)c2)cc1N. The number of carbonyl (C=O) groups is 4. The highest BCUT2D eigenvalue weighted by Crippen LogP contribution is 2.74. The molecule has 4 fully saturated rings. The van der Waals surface area contributed by atoms with E-state index in [0.717, 1.165) is 51.0 Å². The maximum Gasteiger partial charge on any atom is 0.230 e. The van der Waals surface area contributed by atoms with Crippen molar-refractivity contribution in [1.29, 1.82) is 0 Å². The lowest BCUT2D eigenvalue weighted by molar-refractivity contribution is -0.198. The van der Waals surface area contributed by atoms with Crippen molar-refractivity contribution >= 4 is 92.3 Å². The first-order valence-electron chi connectivity index (χ1n) is 22.3. The predicted molar refractivity (Wildman–Crippen MR) is 275 cm³/mol. The zero-order valence-corrected chi connectivity index (χ0v) is 37.9. The van der Waals surface area contributed by atoms with E-state index in [0.29, 0.717) is 51.2 Å². The second kappa shape index (κ2) is 16.5. The summed E-state index contributed by atoms with van der Waals surface area (Å²) in [4.78, 5) is 58.9. The number of rotatable bonds is 12. The number of nitrogens with one attached hydrogen (secondary N) is 5. The number of carbonyl (C=O) groups excluding carboxylic acids is 4. The Labute approximate surface area is 393 Å². The van der Waals surface area contributed by atoms with Crippen molar-refractivity contribution in [2.24, 2.45) is 21.7 Å². The molecule has 6 aromatic rings. The fraction of sp³-hybridized carbons (Fsp3) is 0.231. The Hall–Kier alpha value is -8.40. The lowest BCUT2D eigenvalue weighted by Crippen LogP contribution is -2.69. The molecule has 4 bridgehead atoms. The third kappa shape index (κ3) is 7.72. The zero-order valence-electron chi connectivity index (χ0n) is 37.9. The third-order valence-electron chi connectivity index (χ3n) is 14.4. The van der Waals surface area contributed by atoms with Gasteiger partial charge in [-0.15, -0.1) is 0 Å². The van der Waals surface area contributed by atoms with Crippen molar-refractivity contribution in [1.82, 2.24) is 0 Å². The molecule has 2 unspecified atom stereocenters. The number of nitrogen functional groups attached to an aromatic ring is 7. The summed E-state index contributed by atoms with van der Waals surface area (Å²) in [6, 6.07) is 32.3. The molecule has 0 aromatic heterocycles. The van der Waals surface area contributed by atoms with Crippen molar-refractivity contribution in [3.05, 3.63) is 109 Å². The van der Waals surface area contributed by atoms with Gasteiger partial charge in [0.25, 0.3) is 0 Å². The van der Waals surface area contributed by atoms with Crippen LogP contribution in [0.15, 0.2) is 109 Å². The Balaban J connectivity index is 1.06. The molecule has 10 rings (SSSR count). The molecule has 0 spiro atoms. The minimum Gasteiger partial charge on any atom is -0.397 e. The summed E-state index contributed by atoms with van der Waals surface area (Å²) in [7, 11) is 3.58. The van der Waals surface area contributed by atoms with E-state index in [2.05, 4.69) is 26.6 Å². The van der Waals surface area contributed by atoms with Gasteiger partial charge in [-0.05, 0) is 145 Å². The molecule has 4 aliphatic rings. The third-order valence-corrected chi connectivity index (χ3v) is 14.4. The fourth-order valence-corrected chi connectivity index (χ4v) is 11.6. The van der Waals surface area contributed by atoms with E-state index in [-0.39, 0.29) is 44.2 Å². The lowest BCUT2D eigenvalue weighted by atomic mass is 9.35. The van der Waals surface area contributed by atoms with Crippen molar-refractivity contribution < 1.29 is 19.2 Å². The van der Waals surface area contributed by atoms with Crippen molar-refractivity contribution in [3.8, 4) is 33.4 Å². The number of amides is 3. The second-order valence-electron chi connectivity index (χ2n) is 19.1. The first kappa shape index (κ1) is 44.8. The first-order chi connectivity index (χ1) is 32.4. The van der Waals surface area contributed by atoms with E-state index < -0.39 is 39.4 Å². The maximum absolute atomic E-state index is 15.1. The fourth-order valence-electron chi connectivity index (χ4n) is 11.6. The standard InChI is InChI=1S/C52H56N12O4/c1-60-41-10-4-29(16-36(41)55)32-7-13-44(39(58)19-32)63-47(67)51-22-49(27-65)21-50(24-51,46(66)62-43-12-6-31(18-38(43)57)28-3-9-34(53)35(54)15-28)25-52(23-49,26-51)48(68)64-45-14-8-33(20-40(45)59)30-5-11-42(61-2)37(56)17-30/h3-20,27,60-61H,21-26,53-59H2,1-2H3,(H,62,66)(H,63,67)(H,64,68). The van der Waals surface area contributed by atoms with Gasteiger partial charge in [-0.2, -0.15) is 0 Å². The first-order valence-corrected chi connectivity index (χ1v) is 22.3. The van der Waals surface area contributed by atoms with E-state index in [1.54, 1.807) is 68.7 Å². The van der Waals surface area contributed by atoms with Crippen LogP contribution in [0.2, 0.25) is 0 Å². The molecule has 0 aliphatic heterocycles. The highest BCUT2D eigenvalue weighted by molar-refractivity contribution is 6.06. The number of hydrogen-bond acceptors (Lipinski definition) is 13. The van der Waals surface area contributed by atoms with Gasteiger partial charge < -0.3 is 71.5 Å². The van der Waals surface area contributed by atoms with Crippen molar-refractivity contribution in [2.75, 3.05) is 80.8 Å². The topological polar surface area (TPSA) is 311 Å². The Morgan fingerprint density at radius 3 is 0.897 bits per heavy atom. The van der Waals surface area contributed by atoms with E-state index in [1.165, 1.54) is 0 Å². The van der Waals surface area contributed by atoms with Crippen molar-refractivity contribution in [3.63, 3.8) is 0 Å². The molecule has 4 saturated carbocycles. The van der Waals surface area contributed by atoms with Gasteiger partial charge in [-0.3, -0.25) is 14.4 Å². The highest BCUT2D eigenvalue weighted by atomic mass is 16.2. The van der Waals surface area contributed by atoms with Gasteiger partial charge in [0.1, 0.15) is 6.29 Å². The molecular formula is C52H56N12O4. The smallest absolute Gasteiger partial charge is 0.230 e. The van der Waals surface area contributed by atoms with E-state index in [1.807, 2.05) is 54.6 Å². The summed E-state index contributed by atoms with van der Waals surface area (Å²) in [5.41, 5.74) is 49.3. The monoisotopic (exact) mass is 912 g/mol. The molecular weight excluding hydrogens is 857 g/mol. The van der Waals surface area contributed by atoms with E-state index in [9.17, 15) is 4.79 Å². The van der Waals surface area contributed by atoms with Crippen LogP contribution in [0.5, 0.6) is 0 Å². The van der Waals surface area contributed by atoms with Crippen LogP contribution >= 0.6 is 0 Å². The minimum atomic E-state index is -1.36. The summed E-state index contributed by atoms with van der Waals surface area (Å²) in [6.45, 7) is 0. The van der Waals surface area contributed by atoms with Crippen LogP contribution < -0.4 is 66.7 Å². The van der Waals surface area contributed by atoms with Gasteiger partial charge in [0.05, 0.1) is 84.5 Å². The normalized spacial score (nSPS) is 22.2. The number of anilines is 12. The molecule has 0 saturated heterocycles. The molecule has 19 N–H and O–H groups in total.